The minimum Gasteiger partial charge on any atom is -0.375 e. The van der Waals surface area contributed by atoms with Crippen LogP contribution >= 0.6 is 35.3 Å². The number of methoxy groups -OCH3 is 1. The van der Waals surface area contributed by atoms with Crippen LogP contribution in [0.2, 0.25) is 0 Å². The number of hydrogen-bond acceptors (Lipinski definition) is 5. The van der Waals surface area contributed by atoms with E-state index in [1.807, 2.05) is 45.0 Å². The van der Waals surface area contributed by atoms with Crippen LogP contribution in [0.1, 0.15) is 44.5 Å². The third-order valence-electron chi connectivity index (χ3n) is 3.16. The van der Waals surface area contributed by atoms with Crippen molar-refractivity contribution < 1.29 is 9.53 Å². The normalized spacial score (nSPS) is 13.0. The van der Waals surface area contributed by atoms with Crippen LogP contribution in [-0.4, -0.2) is 55.0 Å². The van der Waals surface area contributed by atoms with Crippen molar-refractivity contribution in [3.63, 3.8) is 0 Å². The molecule has 25 heavy (non-hydrogen) atoms. The highest BCUT2D eigenvalue weighted by Gasteiger charge is 2.16. The van der Waals surface area contributed by atoms with Crippen molar-refractivity contribution in [3.05, 3.63) is 16.1 Å². The Morgan fingerprint density at radius 1 is 1.48 bits per heavy atom. The molecule has 0 radical (unpaired) electrons. The van der Waals surface area contributed by atoms with Crippen molar-refractivity contribution in [3.8, 4) is 0 Å². The zero-order valence-electron chi connectivity index (χ0n) is 16.0. The lowest BCUT2D eigenvalue weighted by Gasteiger charge is -2.23. The lowest BCUT2D eigenvalue weighted by Crippen LogP contribution is -2.48. The molecule has 1 aromatic heterocycles. The van der Waals surface area contributed by atoms with E-state index in [2.05, 4.69) is 20.6 Å². The topological polar surface area (TPSA) is 78.9 Å². The monoisotopic (exact) mass is 483 g/mol. The van der Waals surface area contributed by atoms with E-state index in [-0.39, 0.29) is 48.1 Å². The van der Waals surface area contributed by atoms with E-state index < -0.39 is 0 Å². The van der Waals surface area contributed by atoms with Gasteiger partial charge in [-0.1, -0.05) is 0 Å². The number of carbonyl (C=O) groups is 1. The number of carbonyl (C=O) groups excluding carboxylic acids is 1. The molecule has 1 aromatic rings. The van der Waals surface area contributed by atoms with Gasteiger partial charge in [0.25, 0.3) is 0 Å². The second-order valence-electron chi connectivity index (χ2n) is 6.61. The maximum absolute atomic E-state index is 11.9. The molecule has 1 rings (SSSR count). The number of ether oxygens (including phenoxy) is 1. The molecule has 0 bridgehead atoms. The lowest BCUT2D eigenvalue weighted by molar-refractivity contribution is -0.121. The number of nitrogens with one attached hydrogen (secondary N) is 2. The minimum absolute atomic E-state index is 0. The Bertz CT molecular complexity index is 571. The maximum Gasteiger partial charge on any atom is 0.239 e. The number of rotatable bonds is 6. The van der Waals surface area contributed by atoms with Gasteiger partial charge in [0, 0.05) is 32.1 Å². The van der Waals surface area contributed by atoms with Gasteiger partial charge in [0.1, 0.15) is 11.1 Å². The molecule has 2 N–H and O–H groups in total. The number of hydrogen-bond donors (Lipinski definition) is 2. The Kier molecular flexibility index (Phi) is 10.5. The van der Waals surface area contributed by atoms with Crippen molar-refractivity contribution >= 4 is 47.2 Å². The first-order chi connectivity index (χ1) is 11.2. The fourth-order valence-corrected chi connectivity index (χ4v) is 2.85. The highest BCUT2D eigenvalue weighted by Crippen LogP contribution is 2.20. The Labute approximate surface area is 171 Å². The van der Waals surface area contributed by atoms with E-state index in [1.54, 1.807) is 25.5 Å². The Hall–Kier alpha value is -0.940. The largest absolute Gasteiger partial charge is 0.375 e. The molecule has 7 nitrogen and oxygen atoms in total. The number of amides is 1. The molecule has 0 aliphatic heterocycles. The Morgan fingerprint density at radius 2 is 2.12 bits per heavy atom. The summed E-state index contributed by atoms with van der Waals surface area (Å²) < 4.78 is 5.28. The summed E-state index contributed by atoms with van der Waals surface area (Å²) in [7, 11) is 5.28. The number of thiazole rings is 1. The first-order valence-corrected chi connectivity index (χ1v) is 8.74. The van der Waals surface area contributed by atoms with Gasteiger partial charge in [-0.25, -0.2) is 4.98 Å². The number of nitrogens with zero attached hydrogens (tertiary/aromatic N) is 3. The summed E-state index contributed by atoms with van der Waals surface area (Å²) in [5.74, 6) is 0.579. The van der Waals surface area contributed by atoms with E-state index >= 15 is 0 Å². The molecule has 1 heterocycles. The zero-order chi connectivity index (χ0) is 18.3. The van der Waals surface area contributed by atoms with Gasteiger partial charge >= 0.3 is 0 Å². The molecule has 0 aromatic carbocycles. The molecular formula is C16H30IN5O2S. The maximum atomic E-state index is 11.9. The van der Waals surface area contributed by atoms with Gasteiger partial charge in [0.05, 0.1) is 18.8 Å². The molecule has 0 spiro atoms. The molecule has 0 aliphatic carbocycles. The predicted molar refractivity (Wildman–Crippen MR) is 114 cm³/mol. The highest BCUT2D eigenvalue weighted by atomic mass is 127. The second-order valence-corrected chi connectivity index (χ2v) is 7.50. The lowest BCUT2D eigenvalue weighted by atomic mass is 10.1. The number of guanidine groups is 1. The van der Waals surface area contributed by atoms with Crippen LogP contribution < -0.4 is 10.6 Å². The van der Waals surface area contributed by atoms with Crippen LogP contribution in [0.3, 0.4) is 0 Å². The van der Waals surface area contributed by atoms with Crippen LogP contribution in [0.15, 0.2) is 10.4 Å². The molecule has 1 unspecified atom stereocenters. The van der Waals surface area contributed by atoms with Crippen molar-refractivity contribution in [1.29, 1.82) is 0 Å². The summed E-state index contributed by atoms with van der Waals surface area (Å²) in [4.78, 5) is 22.6. The highest BCUT2D eigenvalue weighted by molar-refractivity contribution is 14.0. The summed E-state index contributed by atoms with van der Waals surface area (Å²) in [6.07, 6.45) is -0.00686. The summed E-state index contributed by atoms with van der Waals surface area (Å²) in [5.41, 5.74) is 0.701. The molecule has 1 amide bonds. The van der Waals surface area contributed by atoms with E-state index in [9.17, 15) is 4.79 Å². The standard InChI is InChI=1S/C16H29N5O2S.HI/c1-11(23-7)14-19-12(10-24-14)9-21(6)15(17-5)18-8-13(22)20-16(2,3)4;/h10-11H,8-9H2,1-7H3,(H,17,18)(H,20,22);1H. The first-order valence-electron chi connectivity index (χ1n) is 7.86. The molecule has 1 atom stereocenters. The summed E-state index contributed by atoms with van der Waals surface area (Å²) in [6.45, 7) is 8.61. The third kappa shape index (κ3) is 8.82. The average molecular weight is 483 g/mol. The SMILES string of the molecule is CN=C(NCC(=O)NC(C)(C)C)N(C)Cc1csc(C(C)OC)n1.I. The fourth-order valence-electron chi connectivity index (χ4n) is 2.01. The van der Waals surface area contributed by atoms with Gasteiger partial charge in [-0.15, -0.1) is 35.3 Å². The Morgan fingerprint density at radius 3 is 2.64 bits per heavy atom. The predicted octanol–water partition coefficient (Wildman–Crippen LogP) is 2.39. The number of halogens is 1. The average Bonchev–Trinajstić information content (AvgIpc) is 2.93. The van der Waals surface area contributed by atoms with Crippen molar-refractivity contribution in [2.45, 2.75) is 45.9 Å². The van der Waals surface area contributed by atoms with Gasteiger partial charge in [0.15, 0.2) is 5.96 Å². The molecular weight excluding hydrogens is 453 g/mol. The molecule has 0 fully saturated rings. The molecule has 144 valence electrons. The summed E-state index contributed by atoms with van der Waals surface area (Å²) in [6, 6.07) is 0. The molecule has 9 heteroatoms. The van der Waals surface area contributed by atoms with Gasteiger partial charge in [0.2, 0.25) is 5.91 Å². The summed E-state index contributed by atoms with van der Waals surface area (Å²) in [5, 5.41) is 8.94. The van der Waals surface area contributed by atoms with E-state index in [4.69, 9.17) is 4.74 Å². The minimum atomic E-state index is -0.247. The van der Waals surface area contributed by atoms with Crippen molar-refractivity contribution in [2.75, 3.05) is 27.7 Å². The molecule has 0 saturated carbocycles. The van der Waals surface area contributed by atoms with Crippen LogP contribution in [0, 0.1) is 0 Å². The zero-order valence-corrected chi connectivity index (χ0v) is 19.2. The van der Waals surface area contributed by atoms with Crippen LogP contribution in [0.5, 0.6) is 0 Å². The quantitative estimate of drug-likeness (QED) is 0.369. The Balaban J connectivity index is 0.00000576. The van der Waals surface area contributed by atoms with Gasteiger partial charge in [-0.2, -0.15) is 0 Å². The fraction of sp³-hybridized carbons (Fsp3) is 0.688. The van der Waals surface area contributed by atoms with Crippen LogP contribution in [-0.2, 0) is 16.1 Å². The first kappa shape index (κ1) is 24.1. The number of aliphatic imine (C=N–C) groups is 1. The van der Waals surface area contributed by atoms with Gasteiger partial charge < -0.3 is 20.3 Å². The van der Waals surface area contributed by atoms with Gasteiger partial charge in [-0.3, -0.25) is 9.79 Å². The summed E-state index contributed by atoms with van der Waals surface area (Å²) >= 11 is 1.58. The van der Waals surface area contributed by atoms with Crippen molar-refractivity contribution in [2.24, 2.45) is 4.99 Å². The van der Waals surface area contributed by atoms with Crippen molar-refractivity contribution in [1.82, 2.24) is 20.5 Å². The molecule has 0 aliphatic rings. The molecule has 0 saturated heterocycles. The van der Waals surface area contributed by atoms with Crippen LogP contribution in [0.4, 0.5) is 0 Å². The number of aromatic nitrogens is 1. The van der Waals surface area contributed by atoms with E-state index in [0.717, 1.165) is 10.7 Å². The van der Waals surface area contributed by atoms with E-state index in [1.165, 1.54) is 0 Å². The second kappa shape index (κ2) is 10.9. The smallest absolute Gasteiger partial charge is 0.239 e. The van der Waals surface area contributed by atoms with Gasteiger partial charge in [-0.05, 0) is 27.7 Å². The van der Waals surface area contributed by atoms with E-state index in [0.29, 0.717) is 12.5 Å². The van der Waals surface area contributed by atoms with Crippen LogP contribution in [0.25, 0.3) is 0 Å². The third-order valence-corrected chi connectivity index (χ3v) is 4.22.